The van der Waals surface area contributed by atoms with Gasteiger partial charge in [-0.2, -0.15) is 0 Å². The standard InChI is InChI=1S/C19H28BrN3O3/c1-2-3-4-5-11-26-17-9-8-15(20)12-16(17)19(25)23-10-6-7-14(13-23)18(24)22-21/h8-9,12,14H,2-7,10-11,13,21H2,1H3,(H,22,24). The van der Waals surface area contributed by atoms with Crippen molar-refractivity contribution in [1.82, 2.24) is 10.3 Å². The maximum Gasteiger partial charge on any atom is 0.257 e. The van der Waals surface area contributed by atoms with Crippen molar-refractivity contribution in [3.63, 3.8) is 0 Å². The lowest BCUT2D eigenvalue weighted by Crippen LogP contribution is -2.47. The second-order valence-corrected chi connectivity index (χ2v) is 7.56. The average molecular weight is 426 g/mol. The lowest BCUT2D eigenvalue weighted by Gasteiger charge is -2.32. The summed E-state index contributed by atoms with van der Waals surface area (Å²) in [5.74, 6) is 5.25. The van der Waals surface area contributed by atoms with Gasteiger partial charge in [-0.15, -0.1) is 0 Å². The molecular weight excluding hydrogens is 398 g/mol. The van der Waals surface area contributed by atoms with Crippen molar-refractivity contribution in [1.29, 1.82) is 0 Å². The number of hydrazine groups is 1. The fourth-order valence-electron chi connectivity index (χ4n) is 3.17. The summed E-state index contributed by atoms with van der Waals surface area (Å²) >= 11 is 3.43. The smallest absolute Gasteiger partial charge is 0.257 e. The van der Waals surface area contributed by atoms with E-state index in [1.54, 1.807) is 11.0 Å². The van der Waals surface area contributed by atoms with E-state index in [0.717, 1.165) is 30.2 Å². The molecule has 1 aliphatic rings. The number of nitrogens with zero attached hydrogens (tertiary/aromatic N) is 1. The molecular formula is C19H28BrN3O3. The van der Waals surface area contributed by atoms with Crippen LogP contribution in [0, 0.1) is 5.92 Å². The molecule has 0 aromatic heterocycles. The van der Waals surface area contributed by atoms with Crippen molar-refractivity contribution in [2.24, 2.45) is 11.8 Å². The molecule has 7 heteroatoms. The predicted molar refractivity (Wildman–Crippen MR) is 105 cm³/mol. The Bertz CT molecular complexity index is 624. The quantitative estimate of drug-likeness (QED) is 0.289. The number of ether oxygens (including phenoxy) is 1. The minimum Gasteiger partial charge on any atom is -0.493 e. The number of piperidine rings is 1. The maximum atomic E-state index is 13.0. The lowest BCUT2D eigenvalue weighted by molar-refractivity contribution is -0.126. The van der Waals surface area contributed by atoms with Crippen molar-refractivity contribution in [2.45, 2.75) is 45.4 Å². The van der Waals surface area contributed by atoms with Crippen LogP contribution < -0.4 is 16.0 Å². The molecule has 1 fully saturated rings. The first-order valence-corrected chi connectivity index (χ1v) is 10.1. The summed E-state index contributed by atoms with van der Waals surface area (Å²) in [5.41, 5.74) is 2.72. The molecule has 2 rings (SSSR count). The van der Waals surface area contributed by atoms with Gasteiger partial charge in [0.05, 0.1) is 18.1 Å². The number of carbonyl (C=O) groups excluding carboxylic acids is 2. The molecule has 6 nitrogen and oxygen atoms in total. The van der Waals surface area contributed by atoms with Gasteiger partial charge >= 0.3 is 0 Å². The first kappa shape index (κ1) is 20.7. The third-order valence-electron chi connectivity index (χ3n) is 4.65. The summed E-state index contributed by atoms with van der Waals surface area (Å²) in [7, 11) is 0. The predicted octanol–water partition coefficient (Wildman–Crippen LogP) is 3.25. The number of hydrogen-bond donors (Lipinski definition) is 2. The van der Waals surface area contributed by atoms with Crippen molar-refractivity contribution >= 4 is 27.7 Å². The van der Waals surface area contributed by atoms with Crippen LogP contribution in [0.5, 0.6) is 5.75 Å². The number of likely N-dealkylation sites (tertiary alicyclic amines) is 1. The molecule has 0 radical (unpaired) electrons. The van der Waals surface area contributed by atoms with Crippen molar-refractivity contribution in [2.75, 3.05) is 19.7 Å². The van der Waals surface area contributed by atoms with Crippen molar-refractivity contribution < 1.29 is 14.3 Å². The molecule has 144 valence electrons. The fraction of sp³-hybridized carbons (Fsp3) is 0.579. The van der Waals surface area contributed by atoms with Crippen LogP contribution in [-0.2, 0) is 4.79 Å². The highest BCUT2D eigenvalue weighted by atomic mass is 79.9. The van der Waals surface area contributed by atoms with E-state index in [1.165, 1.54) is 12.8 Å². The van der Waals surface area contributed by atoms with Crippen LogP contribution in [0.25, 0.3) is 0 Å². The number of unbranched alkanes of at least 4 members (excludes halogenated alkanes) is 3. The molecule has 3 N–H and O–H groups in total. The van der Waals surface area contributed by atoms with E-state index in [0.29, 0.717) is 31.0 Å². The molecule has 0 spiro atoms. The Morgan fingerprint density at radius 1 is 1.35 bits per heavy atom. The molecule has 2 amide bonds. The van der Waals surface area contributed by atoms with Gasteiger partial charge in [0.15, 0.2) is 0 Å². The maximum absolute atomic E-state index is 13.0. The molecule has 26 heavy (non-hydrogen) atoms. The molecule has 0 aliphatic carbocycles. The van der Waals surface area contributed by atoms with Gasteiger partial charge in [-0.3, -0.25) is 15.0 Å². The minimum atomic E-state index is -0.261. The topological polar surface area (TPSA) is 84.7 Å². The Balaban J connectivity index is 2.06. The van der Waals surface area contributed by atoms with Crippen LogP contribution in [0.4, 0.5) is 0 Å². The zero-order chi connectivity index (χ0) is 18.9. The number of rotatable bonds is 8. The van der Waals surface area contributed by atoms with Gasteiger partial charge in [-0.25, -0.2) is 5.84 Å². The van der Waals surface area contributed by atoms with E-state index in [4.69, 9.17) is 10.6 Å². The van der Waals surface area contributed by atoms with E-state index in [-0.39, 0.29) is 17.7 Å². The van der Waals surface area contributed by atoms with Gasteiger partial charge in [0.25, 0.3) is 5.91 Å². The molecule has 1 saturated heterocycles. The Morgan fingerprint density at radius 3 is 2.88 bits per heavy atom. The van der Waals surface area contributed by atoms with E-state index >= 15 is 0 Å². The SMILES string of the molecule is CCCCCCOc1ccc(Br)cc1C(=O)N1CCCC(C(=O)NN)C1. The number of nitrogens with two attached hydrogens (primary N) is 1. The largest absolute Gasteiger partial charge is 0.493 e. The molecule has 0 bridgehead atoms. The number of amides is 2. The summed E-state index contributed by atoms with van der Waals surface area (Å²) < 4.78 is 6.70. The summed E-state index contributed by atoms with van der Waals surface area (Å²) in [6.07, 6.45) is 5.98. The third kappa shape index (κ3) is 5.71. The Hall–Kier alpha value is -1.60. The van der Waals surface area contributed by atoms with Gasteiger partial charge in [-0.05, 0) is 37.5 Å². The second-order valence-electron chi connectivity index (χ2n) is 6.65. The second kappa shape index (κ2) is 10.5. The van der Waals surface area contributed by atoms with Crippen molar-refractivity contribution in [3.05, 3.63) is 28.2 Å². The number of nitrogens with one attached hydrogen (secondary N) is 1. The molecule has 1 unspecified atom stereocenters. The van der Waals surface area contributed by atoms with E-state index in [2.05, 4.69) is 28.3 Å². The van der Waals surface area contributed by atoms with Crippen LogP contribution in [0.1, 0.15) is 55.8 Å². The number of carbonyl (C=O) groups is 2. The summed E-state index contributed by atoms with van der Waals surface area (Å²) in [4.78, 5) is 26.6. The zero-order valence-electron chi connectivity index (χ0n) is 15.3. The van der Waals surface area contributed by atoms with Crippen LogP contribution in [0.3, 0.4) is 0 Å². The summed E-state index contributed by atoms with van der Waals surface area (Å²) in [6, 6.07) is 5.49. The van der Waals surface area contributed by atoms with Gasteiger partial charge < -0.3 is 9.64 Å². The van der Waals surface area contributed by atoms with Gasteiger partial charge in [-0.1, -0.05) is 42.1 Å². The normalized spacial score (nSPS) is 17.0. The van der Waals surface area contributed by atoms with Crippen LogP contribution in [0.2, 0.25) is 0 Å². The molecule has 1 aromatic carbocycles. The monoisotopic (exact) mass is 425 g/mol. The van der Waals surface area contributed by atoms with Gasteiger partial charge in [0, 0.05) is 17.6 Å². The number of benzene rings is 1. The van der Waals surface area contributed by atoms with Crippen LogP contribution in [0.15, 0.2) is 22.7 Å². The summed E-state index contributed by atoms with van der Waals surface area (Å²) in [6.45, 7) is 3.78. The van der Waals surface area contributed by atoms with E-state index < -0.39 is 0 Å². The highest BCUT2D eigenvalue weighted by Gasteiger charge is 2.29. The zero-order valence-corrected chi connectivity index (χ0v) is 16.9. The molecule has 1 aromatic rings. The highest BCUT2D eigenvalue weighted by Crippen LogP contribution is 2.27. The lowest BCUT2D eigenvalue weighted by atomic mass is 9.96. The van der Waals surface area contributed by atoms with E-state index in [1.807, 2.05) is 12.1 Å². The molecule has 1 aliphatic heterocycles. The van der Waals surface area contributed by atoms with Gasteiger partial charge in [0.2, 0.25) is 5.91 Å². The minimum absolute atomic E-state index is 0.107. The number of hydrogen-bond acceptors (Lipinski definition) is 4. The first-order chi connectivity index (χ1) is 12.6. The fourth-order valence-corrected chi connectivity index (χ4v) is 3.53. The molecule has 1 atom stereocenters. The van der Waals surface area contributed by atoms with Gasteiger partial charge in [0.1, 0.15) is 5.75 Å². The van der Waals surface area contributed by atoms with E-state index in [9.17, 15) is 9.59 Å². The van der Waals surface area contributed by atoms with Crippen LogP contribution in [-0.4, -0.2) is 36.4 Å². The molecule has 0 saturated carbocycles. The van der Waals surface area contributed by atoms with Crippen molar-refractivity contribution in [3.8, 4) is 5.75 Å². The first-order valence-electron chi connectivity index (χ1n) is 9.29. The Kier molecular flexibility index (Phi) is 8.38. The Morgan fingerprint density at radius 2 is 2.15 bits per heavy atom. The van der Waals surface area contributed by atoms with Crippen LogP contribution >= 0.6 is 15.9 Å². The highest BCUT2D eigenvalue weighted by molar-refractivity contribution is 9.10. The molecule has 1 heterocycles. The Labute approximate surface area is 163 Å². The number of halogens is 1. The summed E-state index contributed by atoms with van der Waals surface area (Å²) in [5, 5.41) is 0. The third-order valence-corrected chi connectivity index (χ3v) is 5.14. The average Bonchev–Trinajstić information content (AvgIpc) is 2.67.